The molecule has 0 amide bonds. The molecule has 0 aliphatic heterocycles. The average Bonchev–Trinajstić information content (AvgIpc) is 3.13. The molecule has 0 unspecified atom stereocenters. The number of allylic oxidation sites excluding steroid dienone is 10. The maximum atomic E-state index is 12.4. The van der Waals surface area contributed by atoms with Gasteiger partial charge in [-0.05, 0) is 53.3 Å². The lowest BCUT2D eigenvalue weighted by atomic mass is 10.0. The van der Waals surface area contributed by atoms with Gasteiger partial charge in [-0.2, -0.15) is 21.6 Å². The summed E-state index contributed by atoms with van der Waals surface area (Å²) in [6.07, 6.45) is 16.8. The molecule has 1 aromatic rings. The first kappa shape index (κ1) is 23.4. The zero-order valence-corrected chi connectivity index (χ0v) is 18.0. The van der Waals surface area contributed by atoms with Crippen molar-refractivity contribution in [3.63, 3.8) is 0 Å². The van der Waals surface area contributed by atoms with Crippen molar-refractivity contribution in [1.82, 2.24) is 0 Å². The first-order valence-electron chi connectivity index (χ1n) is 9.68. The van der Waals surface area contributed by atoms with Gasteiger partial charge < -0.3 is 9.29 Å². The largest absolute Gasteiger partial charge is 0.534 e. The molecule has 4 rings (SSSR count). The third-order valence-electron chi connectivity index (χ3n) is 4.84. The highest BCUT2D eigenvalue weighted by atomic mass is 32.2. The smallest absolute Gasteiger partial charge is 0.512 e. The van der Waals surface area contributed by atoms with Gasteiger partial charge in [-0.15, -0.1) is 0 Å². The van der Waals surface area contributed by atoms with Gasteiger partial charge in [0.25, 0.3) is 0 Å². The van der Waals surface area contributed by atoms with Crippen LogP contribution in [-0.4, -0.2) is 19.0 Å². The van der Waals surface area contributed by atoms with Crippen LogP contribution in [0, 0.1) is 0 Å². The number of alkyl halides is 3. The van der Waals surface area contributed by atoms with Gasteiger partial charge in [0.1, 0.15) is 5.76 Å². The lowest BCUT2D eigenvalue weighted by molar-refractivity contribution is -0.0520. The van der Waals surface area contributed by atoms with Crippen LogP contribution < -0.4 is 0 Å². The molecule has 0 radical (unpaired) electrons. The fourth-order valence-corrected chi connectivity index (χ4v) is 3.63. The number of fused-ring (bicyclic) bond motifs is 3. The third kappa shape index (κ3) is 5.70. The maximum absolute atomic E-state index is 12.4. The van der Waals surface area contributed by atoms with E-state index in [1.54, 1.807) is 30.4 Å². The molecule has 32 heavy (non-hydrogen) atoms. The minimum atomic E-state index is -5.66. The summed E-state index contributed by atoms with van der Waals surface area (Å²) in [6.45, 7) is 1.53. The van der Waals surface area contributed by atoms with Gasteiger partial charge in [0.05, 0.1) is 5.76 Å². The van der Waals surface area contributed by atoms with Crippen molar-refractivity contribution < 1.29 is 30.9 Å². The Labute approximate surface area is 184 Å². The molecule has 0 atom stereocenters. The second-order valence-corrected chi connectivity index (χ2v) is 8.71. The molecule has 0 saturated carbocycles. The fraction of sp³-hybridized carbons (Fsp3) is 0.167. The zero-order valence-electron chi connectivity index (χ0n) is 17.1. The highest BCUT2D eigenvalue weighted by Crippen LogP contribution is 2.33. The van der Waals surface area contributed by atoms with E-state index in [-0.39, 0.29) is 5.76 Å². The monoisotopic (exact) mass is 462 g/mol. The zero-order chi connectivity index (χ0) is 23.4. The summed E-state index contributed by atoms with van der Waals surface area (Å²) in [5.41, 5.74) is -1.26. The van der Waals surface area contributed by atoms with Gasteiger partial charge in [-0.3, -0.25) is 0 Å². The van der Waals surface area contributed by atoms with Crippen LogP contribution in [0.5, 0.6) is 0 Å². The summed E-state index contributed by atoms with van der Waals surface area (Å²) in [6, 6.07) is 8.02. The van der Waals surface area contributed by atoms with Crippen LogP contribution >= 0.6 is 0 Å². The highest BCUT2D eigenvalue weighted by molar-refractivity contribution is 7.87. The molecule has 168 valence electrons. The minimum Gasteiger partial charge on any atom is -0.512 e. The second-order valence-electron chi connectivity index (χ2n) is 7.17. The van der Waals surface area contributed by atoms with Gasteiger partial charge in [0, 0.05) is 6.42 Å². The van der Waals surface area contributed by atoms with Crippen LogP contribution in [0.25, 0.3) is 12.2 Å². The lowest BCUT2D eigenvalue weighted by Gasteiger charge is -2.12. The highest BCUT2D eigenvalue weighted by Gasteiger charge is 2.49. The van der Waals surface area contributed by atoms with Gasteiger partial charge in [0.15, 0.2) is 0 Å². The Balaban J connectivity index is 0.000000204. The van der Waals surface area contributed by atoms with Crippen LogP contribution in [0.15, 0.2) is 95.0 Å². The van der Waals surface area contributed by atoms with Crippen molar-refractivity contribution >= 4 is 22.3 Å². The van der Waals surface area contributed by atoms with E-state index < -0.39 is 15.6 Å². The van der Waals surface area contributed by atoms with Crippen LogP contribution in [0.2, 0.25) is 0 Å². The molecule has 0 spiro atoms. The van der Waals surface area contributed by atoms with Crippen LogP contribution in [0.3, 0.4) is 0 Å². The van der Waals surface area contributed by atoms with Crippen molar-refractivity contribution in [3.8, 4) is 0 Å². The van der Waals surface area contributed by atoms with Crippen LogP contribution in [0.4, 0.5) is 13.2 Å². The lowest BCUT2D eigenvalue weighted by Crippen LogP contribution is -2.25. The summed E-state index contributed by atoms with van der Waals surface area (Å²) in [5, 5.41) is 9.35. The summed E-state index contributed by atoms with van der Waals surface area (Å²) in [4.78, 5) is 0. The summed E-state index contributed by atoms with van der Waals surface area (Å²) in [7, 11) is -5.66. The van der Waals surface area contributed by atoms with Gasteiger partial charge in [0.2, 0.25) is 0 Å². The standard InChI is InChI=1S/C13H11F3O3S.C11H10O/c1-9-11-5-3-2-4-10(8-11)6-7-12(9)19-20(17,18)13(14,15)16;12-11-7-3-6-9-4-1-2-5-10(9)8-11/h2-7H,8H2,1H3;1-6,8,12H,7H2. The number of benzene rings is 1. The van der Waals surface area contributed by atoms with E-state index in [4.69, 9.17) is 0 Å². The number of aliphatic hydroxyl groups excluding tert-OH is 1. The van der Waals surface area contributed by atoms with Gasteiger partial charge >= 0.3 is 15.6 Å². The Morgan fingerprint density at radius 1 is 1.00 bits per heavy atom. The number of rotatable bonds is 2. The number of halogens is 3. The molecular formula is C24H21F3O4S. The molecular weight excluding hydrogens is 441 g/mol. The quantitative estimate of drug-likeness (QED) is 0.402. The topological polar surface area (TPSA) is 63.6 Å². The normalized spacial score (nSPS) is 17.6. The van der Waals surface area contributed by atoms with E-state index in [0.717, 1.165) is 11.1 Å². The number of hydrogen-bond donors (Lipinski definition) is 1. The number of aliphatic hydroxyl groups is 1. The van der Waals surface area contributed by atoms with Crippen molar-refractivity contribution in [2.45, 2.75) is 25.3 Å². The SMILES string of the molecule is CC1=C(OS(=O)(=O)C(F)(F)F)C=CC2=CC=CC=C1C2.OC1=Cc2ccccc2C=CC1. The molecule has 0 saturated heterocycles. The van der Waals surface area contributed by atoms with E-state index in [9.17, 15) is 26.7 Å². The first-order valence-corrected chi connectivity index (χ1v) is 11.1. The molecule has 0 fully saturated rings. The molecule has 8 heteroatoms. The Kier molecular flexibility index (Phi) is 6.93. The average molecular weight is 462 g/mol. The first-order chi connectivity index (χ1) is 15.1. The summed E-state index contributed by atoms with van der Waals surface area (Å²) in [5.74, 6) is 0.114. The fourth-order valence-electron chi connectivity index (χ4n) is 3.12. The van der Waals surface area contributed by atoms with Crippen molar-refractivity contribution in [3.05, 3.63) is 106 Å². The second kappa shape index (κ2) is 9.48. The molecule has 3 aliphatic rings. The Hall–Kier alpha value is -3.26. The van der Waals surface area contributed by atoms with Gasteiger partial charge in [-0.25, -0.2) is 0 Å². The van der Waals surface area contributed by atoms with Crippen molar-refractivity contribution in [2.24, 2.45) is 0 Å². The molecule has 1 aromatic carbocycles. The number of hydrogen-bond acceptors (Lipinski definition) is 4. The van der Waals surface area contributed by atoms with E-state index in [2.05, 4.69) is 4.18 Å². The minimum absolute atomic E-state index is 0.313. The van der Waals surface area contributed by atoms with E-state index in [1.807, 2.05) is 42.5 Å². The van der Waals surface area contributed by atoms with E-state index in [0.29, 0.717) is 29.7 Å². The van der Waals surface area contributed by atoms with E-state index >= 15 is 0 Å². The third-order valence-corrected chi connectivity index (χ3v) is 5.80. The van der Waals surface area contributed by atoms with Crippen molar-refractivity contribution in [1.29, 1.82) is 0 Å². The maximum Gasteiger partial charge on any atom is 0.534 e. The Morgan fingerprint density at radius 2 is 1.69 bits per heavy atom. The predicted molar refractivity (Wildman–Crippen MR) is 119 cm³/mol. The van der Waals surface area contributed by atoms with Crippen molar-refractivity contribution in [2.75, 3.05) is 0 Å². The summed E-state index contributed by atoms with van der Waals surface area (Å²) < 4.78 is 63.4. The molecule has 3 aliphatic carbocycles. The van der Waals surface area contributed by atoms with E-state index in [1.165, 1.54) is 18.6 Å². The Morgan fingerprint density at radius 3 is 2.41 bits per heavy atom. The molecule has 4 nitrogen and oxygen atoms in total. The van der Waals surface area contributed by atoms with Crippen LogP contribution in [-0.2, 0) is 14.3 Å². The predicted octanol–water partition coefficient (Wildman–Crippen LogP) is 6.51. The summed E-state index contributed by atoms with van der Waals surface area (Å²) >= 11 is 0. The molecule has 1 N–H and O–H groups in total. The van der Waals surface area contributed by atoms with Crippen LogP contribution in [0.1, 0.15) is 30.9 Å². The van der Waals surface area contributed by atoms with Gasteiger partial charge in [-0.1, -0.05) is 66.8 Å². The molecule has 0 heterocycles. The molecule has 0 aromatic heterocycles. The Bertz CT molecular complexity index is 1210. The molecule has 2 bridgehead atoms.